The summed E-state index contributed by atoms with van der Waals surface area (Å²) < 4.78 is 34.5. The van der Waals surface area contributed by atoms with Gasteiger partial charge in [0.1, 0.15) is 19.8 Å². The van der Waals surface area contributed by atoms with E-state index in [1.807, 2.05) is 21.1 Å². The van der Waals surface area contributed by atoms with Gasteiger partial charge in [-0.3, -0.25) is 18.6 Å². The molecule has 0 heterocycles. The summed E-state index contributed by atoms with van der Waals surface area (Å²) in [5.41, 5.74) is 0. The molecule has 0 bridgehead atoms. The third kappa shape index (κ3) is 61.2. The lowest BCUT2D eigenvalue weighted by Gasteiger charge is -2.24. The van der Waals surface area contributed by atoms with Crippen LogP contribution in [0.25, 0.3) is 0 Å². The van der Waals surface area contributed by atoms with Gasteiger partial charge in [-0.2, -0.15) is 0 Å². The molecule has 0 aromatic carbocycles. The standard InChI is InChI=1S/C66H124NO8P/c1-6-8-10-12-14-16-18-19-20-21-22-23-24-25-26-27-28-29-30-31-32-33-34-35-36-37-38-39-40-41-42-43-44-45-46-47-49-51-53-55-57-59-66(69)75-64(63-74-76(70,71)73-61-60-67(3,4)5)62-72-65(68)58-56-54-52-50-48-17-15-13-11-9-7-2/h8,10,14,16,19-20,22-23,64H,6-7,9,11-13,15,17-18,21,24-63H2,1-5H3/p+1/b10-8-,16-14-,20-19-,23-22-. The molecular formula is C66H125NO8P+. The first-order chi connectivity index (χ1) is 37.0. The van der Waals surface area contributed by atoms with Crippen LogP contribution in [0.5, 0.6) is 0 Å². The van der Waals surface area contributed by atoms with Gasteiger partial charge in [-0.1, -0.05) is 294 Å². The largest absolute Gasteiger partial charge is 0.472 e. The zero-order valence-electron chi connectivity index (χ0n) is 50.8. The summed E-state index contributed by atoms with van der Waals surface area (Å²) in [7, 11) is 1.49. The van der Waals surface area contributed by atoms with Crippen LogP contribution in [0.2, 0.25) is 0 Å². The number of likely N-dealkylation sites (N-methyl/N-ethyl adjacent to an activating group) is 1. The predicted molar refractivity (Wildman–Crippen MR) is 326 cm³/mol. The molecule has 9 nitrogen and oxygen atoms in total. The van der Waals surface area contributed by atoms with Gasteiger partial charge in [-0.15, -0.1) is 0 Å². The highest BCUT2D eigenvalue weighted by atomic mass is 31.2. The topological polar surface area (TPSA) is 108 Å². The van der Waals surface area contributed by atoms with Crippen LogP contribution in [-0.2, 0) is 32.7 Å². The second-order valence-electron chi connectivity index (χ2n) is 23.1. The first kappa shape index (κ1) is 74.0. The summed E-state index contributed by atoms with van der Waals surface area (Å²) in [6.07, 6.45) is 73.8. The van der Waals surface area contributed by atoms with E-state index in [4.69, 9.17) is 18.5 Å². The Labute approximate surface area is 471 Å². The highest BCUT2D eigenvalue weighted by molar-refractivity contribution is 7.47. The van der Waals surface area contributed by atoms with E-state index < -0.39 is 26.5 Å². The third-order valence-electron chi connectivity index (χ3n) is 14.4. The molecule has 0 aliphatic carbocycles. The molecule has 0 saturated carbocycles. The number of esters is 2. The van der Waals surface area contributed by atoms with Crippen LogP contribution in [0.3, 0.4) is 0 Å². The quantitative estimate of drug-likeness (QED) is 0.0211. The maximum absolute atomic E-state index is 12.8. The molecule has 10 heteroatoms. The Morgan fingerprint density at radius 2 is 0.750 bits per heavy atom. The molecular weight excluding hydrogens is 966 g/mol. The molecule has 1 N–H and O–H groups in total. The molecule has 76 heavy (non-hydrogen) atoms. The average molecular weight is 1090 g/mol. The molecule has 0 rings (SSSR count). The van der Waals surface area contributed by atoms with Crippen LogP contribution in [0.1, 0.15) is 309 Å². The zero-order valence-corrected chi connectivity index (χ0v) is 51.6. The molecule has 2 unspecified atom stereocenters. The van der Waals surface area contributed by atoms with Gasteiger partial charge in [0.2, 0.25) is 0 Å². The highest BCUT2D eigenvalue weighted by Gasteiger charge is 2.27. The third-order valence-corrected chi connectivity index (χ3v) is 15.4. The van der Waals surface area contributed by atoms with Crippen molar-refractivity contribution in [2.24, 2.45) is 0 Å². The van der Waals surface area contributed by atoms with E-state index in [2.05, 4.69) is 62.5 Å². The lowest BCUT2D eigenvalue weighted by atomic mass is 10.0. The van der Waals surface area contributed by atoms with Gasteiger partial charge in [0.25, 0.3) is 0 Å². The first-order valence-corrected chi connectivity index (χ1v) is 33.9. The Kier molecular flexibility index (Phi) is 56.1. The summed E-state index contributed by atoms with van der Waals surface area (Å²) in [5.74, 6) is -0.782. The summed E-state index contributed by atoms with van der Waals surface area (Å²) in [6.45, 7) is 4.35. The molecule has 0 amide bonds. The van der Waals surface area contributed by atoms with E-state index in [1.54, 1.807) is 0 Å². The van der Waals surface area contributed by atoms with E-state index in [9.17, 15) is 19.0 Å². The Bertz CT molecular complexity index is 1420. The van der Waals surface area contributed by atoms with Gasteiger partial charge in [-0.05, 0) is 51.4 Å². The fourth-order valence-electron chi connectivity index (χ4n) is 9.42. The van der Waals surface area contributed by atoms with E-state index >= 15 is 0 Å². The lowest BCUT2D eigenvalue weighted by Crippen LogP contribution is -2.37. The molecule has 2 atom stereocenters. The van der Waals surface area contributed by atoms with Crippen LogP contribution < -0.4 is 0 Å². The first-order valence-electron chi connectivity index (χ1n) is 32.4. The number of hydrogen-bond donors (Lipinski definition) is 1. The van der Waals surface area contributed by atoms with Crippen LogP contribution in [-0.4, -0.2) is 74.9 Å². The number of unbranched alkanes of at least 4 members (excludes halogenated alkanes) is 38. The Balaban J connectivity index is 3.80. The number of quaternary nitrogens is 1. The Hall–Kier alpha value is -2.03. The van der Waals surface area contributed by atoms with Crippen LogP contribution in [0.15, 0.2) is 48.6 Å². The van der Waals surface area contributed by atoms with Crippen molar-refractivity contribution in [2.45, 2.75) is 315 Å². The Morgan fingerprint density at radius 3 is 1.12 bits per heavy atom. The summed E-state index contributed by atoms with van der Waals surface area (Å²) in [5, 5.41) is 0. The smallest absolute Gasteiger partial charge is 0.462 e. The lowest BCUT2D eigenvalue weighted by molar-refractivity contribution is -0.870. The minimum absolute atomic E-state index is 0.0351. The average Bonchev–Trinajstić information content (AvgIpc) is 3.38. The van der Waals surface area contributed by atoms with Crippen LogP contribution >= 0.6 is 7.82 Å². The number of carbonyl (C=O) groups excluding carboxylic acids is 2. The fraction of sp³-hybridized carbons (Fsp3) is 0.848. The number of carbonyl (C=O) groups is 2. The summed E-state index contributed by atoms with van der Waals surface area (Å²) in [6, 6.07) is 0. The van der Waals surface area contributed by atoms with E-state index in [-0.39, 0.29) is 25.6 Å². The van der Waals surface area contributed by atoms with Crippen molar-refractivity contribution in [3.8, 4) is 0 Å². The van der Waals surface area contributed by atoms with Gasteiger partial charge in [0.15, 0.2) is 6.10 Å². The van der Waals surface area contributed by atoms with E-state index in [0.717, 1.165) is 57.8 Å². The number of phosphoric acid groups is 1. The predicted octanol–water partition coefficient (Wildman–Crippen LogP) is 20.5. The molecule has 0 spiro atoms. The maximum Gasteiger partial charge on any atom is 0.472 e. The highest BCUT2D eigenvalue weighted by Crippen LogP contribution is 2.43. The maximum atomic E-state index is 12.8. The molecule has 446 valence electrons. The summed E-state index contributed by atoms with van der Waals surface area (Å²) >= 11 is 0. The molecule has 0 radical (unpaired) electrons. The molecule has 0 fully saturated rings. The van der Waals surface area contributed by atoms with Crippen molar-refractivity contribution < 1.29 is 42.1 Å². The zero-order chi connectivity index (χ0) is 55.6. The second kappa shape index (κ2) is 57.6. The fourth-order valence-corrected chi connectivity index (χ4v) is 10.2. The van der Waals surface area contributed by atoms with Gasteiger partial charge in [0, 0.05) is 12.8 Å². The minimum atomic E-state index is -4.38. The second-order valence-corrected chi connectivity index (χ2v) is 24.6. The minimum Gasteiger partial charge on any atom is -0.462 e. The van der Waals surface area contributed by atoms with Crippen molar-refractivity contribution in [3.63, 3.8) is 0 Å². The normalized spacial score (nSPS) is 13.5. The SMILES string of the molecule is CC/C=C\C/C=C\C/C=C\C/C=C\CCCCCCCCCCCCCCCCCCCCCCCCCCCCCCC(=O)OC(COC(=O)CCCCCCCCCCCCC)COP(=O)(O)OCC[N+](C)(C)C. The van der Waals surface area contributed by atoms with Crippen molar-refractivity contribution in [1.82, 2.24) is 0 Å². The molecule has 0 aromatic rings. The van der Waals surface area contributed by atoms with Crippen molar-refractivity contribution in [2.75, 3.05) is 47.5 Å². The number of rotatable bonds is 60. The van der Waals surface area contributed by atoms with Gasteiger partial charge in [0.05, 0.1) is 27.7 Å². The van der Waals surface area contributed by atoms with Gasteiger partial charge >= 0.3 is 19.8 Å². The van der Waals surface area contributed by atoms with E-state index in [0.29, 0.717) is 23.9 Å². The van der Waals surface area contributed by atoms with Crippen LogP contribution in [0.4, 0.5) is 0 Å². The van der Waals surface area contributed by atoms with E-state index in [1.165, 1.54) is 218 Å². The molecule has 0 saturated heterocycles. The Morgan fingerprint density at radius 1 is 0.421 bits per heavy atom. The number of ether oxygens (including phenoxy) is 2. The van der Waals surface area contributed by atoms with Crippen molar-refractivity contribution >= 4 is 19.8 Å². The number of hydrogen-bond acceptors (Lipinski definition) is 7. The number of allylic oxidation sites excluding steroid dienone is 8. The van der Waals surface area contributed by atoms with Crippen molar-refractivity contribution in [3.05, 3.63) is 48.6 Å². The van der Waals surface area contributed by atoms with Gasteiger partial charge < -0.3 is 18.9 Å². The molecule has 0 aliphatic rings. The summed E-state index contributed by atoms with van der Waals surface area (Å²) in [4.78, 5) is 35.6. The number of phosphoric ester groups is 1. The van der Waals surface area contributed by atoms with Crippen molar-refractivity contribution in [1.29, 1.82) is 0 Å². The number of nitrogens with zero attached hydrogens (tertiary/aromatic N) is 1. The molecule has 0 aromatic heterocycles. The molecule has 0 aliphatic heterocycles. The monoisotopic (exact) mass is 1090 g/mol. The van der Waals surface area contributed by atoms with Gasteiger partial charge in [-0.25, -0.2) is 4.57 Å². The van der Waals surface area contributed by atoms with Crippen LogP contribution in [0, 0.1) is 0 Å².